The second-order valence-corrected chi connectivity index (χ2v) is 2.72. The van der Waals surface area contributed by atoms with E-state index in [1.165, 1.54) is 6.21 Å². The number of carboxylic acids is 1. The van der Waals surface area contributed by atoms with Gasteiger partial charge in [0.1, 0.15) is 6.04 Å². The number of hydrogen-bond acceptors (Lipinski definition) is 4. The number of nitrogens with one attached hydrogen (secondary N) is 1. The minimum absolute atomic E-state index is 0.145. The van der Waals surface area contributed by atoms with Gasteiger partial charge in [0.15, 0.2) is 0 Å². The third-order valence-corrected chi connectivity index (χ3v) is 1.59. The monoisotopic (exact) mass is 173 g/mol. The van der Waals surface area contributed by atoms with Crippen molar-refractivity contribution < 1.29 is 9.90 Å². The van der Waals surface area contributed by atoms with Gasteiger partial charge in [-0.3, -0.25) is 4.79 Å². The lowest BCUT2D eigenvalue weighted by atomic mass is 10.1. The van der Waals surface area contributed by atoms with Crippen molar-refractivity contribution in [3.05, 3.63) is 0 Å². The number of nitrogens with two attached hydrogens (primary N) is 2. The van der Waals surface area contributed by atoms with Crippen molar-refractivity contribution >= 4 is 12.2 Å². The predicted molar refractivity (Wildman–Crippen MR) is 46.2 cm³/mol. The maximum Gasteiger partial charge on any atom is 0.320 e. The predicted octanol–water partition coefficient (Wildman–Crippen LogP) is -0.455. The first-order valence-electron chi connectivity index (χ1n) is 3.80. The molecular weight excluding hydrogens is 158 g/mol. The molecule has 12 heavy (non-hydrogen) atoms. The van der Waals surface area contributed by atoms with Gasteiger partial charge in [0.05, 0.1) is 0 Å². The standard InChI is InChI=1S/C7H15N3O2/c8-4-3-5(9)1-2-6(10)7(11)12/h4-6,8H,1-3,9-10H2,(H,11,12)/t5?,6-/m0/s1. The van der Waals surface area contributed by atoms with E-state index in [9.17, 15) is 4.79 Å². The topological polar surface area (TPSA) is 113 Å². The van der Waals surface area contributed by atoms with E-state index in [0.717, 1.165) is 0 Å². The fraction of sp³-hybridized carbons (Fsp3) is 0.714. The Bertz CT molecular complexity index is 161. The summed E-state index contributed by atoms with van der Waals surface area (Å²) in [6.07, 6.45) is 2.61. The molecule has 0 aromatic rings. The van der Waals surface area contributed by atoms with E-state index in [4.69, 9.17) is 22.0 Å². The second kappa shape index (κ2) is 5.68. The summed E-state index contributed by atoms with van der Waals surface area (Å²) in [6.45, 7) is 0. The van der Waals surface area contributed by atoms with E-state index >= 15 is 0 Å². The molecule has 0 spiro atoms. The third-order valence-electron chi connectivity index (χ3n) is 1.59. The van der Waals surface area contributed by atoms with Crippen molar-refractivity contribution in [2.24, 2.45) is 11.5 Å². The minimum atomic E-state index is -1.00. The minimum Gasteiger partial charge on any atom is -0.480 e. The SMILES string of the molecule is N=CCC(N)CC[C@H](N)C(=O)O. The van der Waals surface area contributed by atoms with Crippen molar-refractivity contribution in [1.29, 1.82) is 5.41 Å². The molecule has 0 fully saturated rings. The number of carboxylic acid groups (broad SMARTS) is 1. The summed E-state index contributed by atoms with van der Waals surface area (Å²) in [4.78, 5) is 10.3. The Morgan fingerprint density at radius 1 is 1.50 bits per heavy atom. The summed E-state index contributed by atoms with van der Waals surface area (Å²) in [5.74, 6) is -1.00. The lowest BCUT2D eigenvalue weighted by Gasteiger charge is -2.10. The second-order valence-electron chi connectivity index (χ2n) is 2.72. The molecule has 0 bridgehead atoms. The quantitative estimate of drug-likeness (QED) is 0.407. The van der Waals surface area contributed by atoms with Crippen LogP contribution in [0.4, 0.5) is 0 Å². The normalized spacial score (nSPS) is 15.2. The van der Waals surface area contributed by atoms with E-state index in [-0.39, 0.29) is 6.04 Å². The van der Waals surface area contributed by atoms with Crippen LogP contribution in [0.5, 0.6) is 0 Å². The van der Waals surface area contributed by atoms with Gasteiger partial charge in [-0.05, 0) is 25.5 Å². The first-order chi connectivity index (χ1) is 5.57. The van der Waals surface area contributed by atoms with Crippen LogP contribution in [0, 0.1) is 5.41 Å². The van der Waals surface area contributed by atoms with Crippen LogP contribution in [-0.4, -0.2) is 29.4 Å². The third kappa shape index (κ3) is 4.81. The Morgan fingerprint density at radius 2 is 2.08 bits per heavy atom. The molecule has 0 aliphatic heterocycles. The molecule has 0 aromatic carbocycles. The van der Waals surface area contributed by atoms with E-state index in [1.54, 1.807) is 0 Å². The summed E-state index contributed by atoms with van der Waals surface area (Å²) in [6, 6.07) is -0.977. The first kappa shape index (κ1) is 11.1. The number of hydrogen-bond donors (Lipinski definition) is 4. The molecule has 1 unspecified atom stereocenters. The average molecular weight is 173 g/mol. The summed E-state index contributed by atoms with van der Waals surface area (Å²) >= 11 is 0. The van der Waals surface area contributed by atoms with Gasteiger partial charge in [-0.25, -0.2) is 0 Å². The molecular formula is C7H15N3O2. The van der Waals surface area contributed by atoms with Crippen molar-refractivity contribution in [3.8, 4) is 0 Å². The van der Waals surface area contributed by atoms with Crippen LogP contribution in [0.25, 0.3) is 0 Å². The molecule has 0 radical (unpaired) electrons. The molecule has 2 atom stereocenters. The molecule has 0 saturated carbocycles. The van der Waals surface area contributed by atoms with Crippen LogP contribution in [0.2, 0.25) is 0 Å². The highest BCUT2D eigenvalue weighted by Crippen LogP contribution is 2.00. The largest absolute Gasteiger partial charge is 0.480 e. The molecule has 0 aliphatic carbocycles. The fourth-order valence-electron chi connectivity index (χ4n) is 0.786. The van der Waals surface area contributed by atoms with Gasteiger partial charge >= 0.3 is 5.97 Å². The maximum atomic E-state index is 10.3. The Labute approximate surface area is 71.2 Å². The van der Waals surface area contributed by atoms with E-state index < -0.39 is 12.0 Å². The summed E-state index contributed by atoms with van der Waals surface area (Å²) in [5, 5.41) is 15.2. The Kier molecular flexibility index (Phi) is 5.23. The molecule has 0 saturated heterocycles. The molecule has 0 amide bonds. The summed E-state index contributed by atoms with van der Waals surface area (Å²) in [7, 11) is 0. The molecule has 6 N–H and O–H groups in total. The van der Waals surface area contributed by atoms with Crippen LogP contribution in [-0.2, 0) is 4.79 Å². The van der Waals surface area contributed by atoms with Crippen LogP contribution < -0.4 is 11.5 Å². The number of rotatable bonds is 6. The average Bonchev–Trinajstić information content (AvgIpc) is 2.00. The molecule has 0 aromatic heterocycles. The van der Waals surface area contributed by atoms with Crippen LogP contribution in [0.1, 0.15) is 19.3 Å². The lowest BCUT2D eigenvalue weighted by molar-refractivity contribution is -0.138. The van der Waals surface area contributed by atoms with Crippen molar-refractivity contribution in [2.75, 3.05) is 0 Å². The van der Waals surface area contributed by atoms with E-state index in [2.05, 4.69) is 0 Å². The van der Waals surface area contributed by atoms with Crippen LogP contribution in [0.15, 0.2) is 0 Å². The van der Waals surface area contributed by atoms with Gasteiger partial charge < -0.3 is 22.0 Å². The molecule has 0 heterocycles. The Hall–Kier alpha value is -0.940. The Balaban J connectivity index is 3.53. The molecule has 70 valence electrons. The zero-order valence-electron chi connectivity index (χ0n) is 6.86. The van der Waals surface area contributed by atoms with E-state index in [0.29, 0.717) is 19.3 Å². The summed E-state index contributed by atoms with van der Waals surface area (Å²) < 4.78 is 0. The van der Waals surface area contributed by atoms with Crippen molar-refractivity contribution in [3.63, 3.8) is 0 Å². The number of carbonyl (C=O) groups is 1. The van der Waals surface area contributed by atoms with E-state index in [1.807, 2.05) is 0 Å². The maximum absolute atomic E-state index is 10.3. The molecule has 5 heteroatoms. The van der Waals surface area contributed by atoms with Crippen LogP contribution in [0.3, 0.4) is 0 Å². The highest BCUT2D eigenvalue weighted by atomic mass is 16.4. The van der Waals surface area contributed by atoms with Crippen molar-refractivity contribution in [2.45, 2.75) is 31.3 Å². The van der Waals surface area contributed by atoms with Gasteiger partial charge in [0.2, 0.25) is 0 Å². The lowest BCUT2D eigenvalue weighted by Crippen LogP contribution is -2.32. The molecule has 5 nitrogen and oxygen atoms in total. The smallest absolute Gasteiger partial charge is 0.320 e. The highest BCUT2D eigenvalue weighted by molar-refractivity contribution is 5.72. The van der Waals surface area contributed by atoms with Gasteiger partial charge in [0, 0.05) is 6.04 Å². The summed E-state index contributed by atoms with van der Waals surface area (Å²) in [5.41, 5.74) is 10.8. The first-order valence-corrected chi connectivity index (χ1v) is 3.80. The zero-order valence-corrected chi connectivity index (χ0v) is 6.86. The Morgan fingerprint density at radius 3 is 2.50 bits per heavy atom. The van der Waals surface area contributed by atoms with Crippen LogP contribution >= 0.6 is 0 Å². The molecule has 0 aliphatic rings. The zero-order chi connectivity index (χ0) is 9.56. The highest BCUT2D eigenvalue weighted by Gasteiger charge is 2.12. The van der Waals surface area contributed by atoms with Gasteiger partial charge in [-0.1, -0.05) is 0 Å². The van der Waals surface area contributed by atoms with Gasteiger partial charge in [-0.2, -0.15) is 0 Å². The fourth-order valence-corrected chi connectivity index (χ4v) is 0.786. The molecule has 0 rings (SSSR count). The van der Waals surface area contributed by atoms with Gasteiger partial charge in [0.25, 0.3) is 0 Å². The van der Waals surface area contributed by atoms with Gasteiger partial charge in [-0.15, -0.1) is 0 Å². The van der Waals surface area contributed by atoms with Crippen molar-refractivity contribution in [1.82, 2.24) is 0 Å². The number of aliphatic carboxylic acids is 1.